The maximum absolute atomic E-state index is 13.6. The van der Waals surface area contributed by atoms with Gasteiger partial charge in [0.25, 0.3) is 11.8 Å². The molecule has 0 aliphatic rings. The van der Waals surface area contributed by atoms with Gasteiger partial charge in [-0.3, -0.25) is 9.59 Å². The van der Waals surface area contributed by atoms with Gasteiger partial charge < -0.3 is 15.4 Å². The lowest BCUT2D eigenvalue weighted by atomic mass is 10.2. The Morgan fingerprint density at radius 3 is 2.31 bits per heavy atom. The molecule has 0 unspecified atom stereocenters. The molecule has 0 saturated carbocycles. The summed E-state index contributed by atoms with van der Waals surface area (Å²) in [5, 5.41) is 5.88. The maximum Gasteiger partial charge on any atom is 0.258 e. The molecule has 7 heteroatoms. The van der Waals surface area contributed by atoms with E-state index in [4.69, 9.17) is 16.3 Å². The van der Waals surface area contributed by atoms with Crippen LogP contribution in [0.15, 0.2) is 72.8 Å². The van der Waals surface area contributed by atoms with Gasteiger partial charge in [-0.1, -0.05) is 35.9 Å². The van der Waals surface area contributed by atoms with Crippen LogP contribution in [0.5, 0.6) is 5.75 Å². The van der Waals surface area contributed by atoms with E-state index in [9.17, 15) is 14.0 Å². The number of nitrogens with one attached hydrogen (secondary N) is 2. The summed E-state index contributed by atoms with van der Waals surface area (Å²) in [7, 11) is 0. The maximum atomic E-state index is 13.6. The molecule has 5 nitrogen and oxygen atoms in total. The Balaban J connectivity index is 1.47. The van der Waals surface area contributed by atoms with Gasteiger partial charge in [-0.05, 0) is 54.1 Å². The number of rotatable bonds is 7. The van der Waals surface area contributed by atoms with Crippen LogP contribution in [0.2, 0.25) is 5.02 Å². The molecule has 0 aromatic heterocycles. The molecule has 3 aromatic rings. The summed E-state index contributed by atoms with van der Waals surface area (Å²) >= 11 is 5.82. The highest BCUT2D eigenvalue weighted by atomic mass is 35.5. The van der Waals surface area contributed by atoms with E-state index in [2.05, 4.69) is 10.6 Å². The van der Waals surface area contributed by atoms with Crippen molar-refractivity contribution in [3.8, 4) is 5.75 Å². The Labute approximate surface area is 172 Å². The molecule has 2 amide bonds. The largest absolute Gasteiger partial charge is 0.484 e. The van der Waals surface area contributed by atoms with Gasteiger partial charge >= 0.3 is 0 Å². The molecule has 2 N–H and O–H groups in total. The average molecular weight is 413 g/mol. The van der Waals surface area contributed by atoms with Gasteiger partial charge in [0.15, 0.2) is 6.61 Å². The minimum atomic E-state index is -0.509. The minimum Gasteiger partial charge on any atom is -0.484 e. The molecule has 29 heavy (non-hydrogen) atoms. The van der Waals surface area contributed by atoms with Crippen LogP contribution >= 0.6 is 11.6 Å². The first-order chi connectivity index (χ1) is 14.0. The normalized spacial score (nSPS) is 10.3. The van der Waals surface area contributed by atoms with E-state index in [0.29, 0.717) is 22.9 Å². The first kappa shape index (κ1) is 20.4. The lowest BCUT2D eigenvalue weighted by molar-refractivity contribution is -0.123. The molecule has 0 radical (unpaired) electrons. The van der Waals surface area contributed by atoms with Crippen LogP contribution in [-0.4, -0.2) is 18.4 Å². The second-order valence-corrected chi connectivity index (χ2v) is 6.59. The number of anilines is 1. The molecular weight excluding hydrogens is 395 g/mol. The monoisotopic (exact) mass is 412 g/mol. The van der Waals surface area contributed by atoms with Crippen molar-refractivity contribution in [3.63, 3.8) is 0 Å². The van der Waals surface area contributed by atoms with Crippen molar-refractivity contribution >= 4 is 29.1 Å². The molecule has 3 rings (SSSR count). The first-order valence-corrected chi connectivity index (χ1v) is 9.19. The number of halogens is 2. The van der Waals surface area contributed by atoms with Crippen molar-refractivity contribution in [2.24, 2.45) is 0 Å². The SMILES string of the molecule is O=C(COc1ccc(C(=O)Nc2ccccc2F)cc1)NCc1ccc(Cl)cc1. The Bertz CT molecular complexity index is 992. The number of benzene rings is 3. The van der Waals surface area contributed by atoms with Crippen LogP contribution in [-0.2, 0) is 11.3 Å². The number of hydrogen-bond donors (Lipinski definition) is 2. The third-order valence-corrected chi connectivity index (χ3v) is 4.26. The summed E-state index contributed by atoms with van der Waals surface area (Å²) in [4.78, 5) is 24.1. The number of para-hydroxylation sites is 1. The van der Waals surface area contributed by atoms with Crippen molar-refractivity contribution in [3.05, 3.63) is 94.8 Å². The number of carbonyl (C=O) groups excluding carboxylic acids is 2. The second-order valence-electron chi connectivity index (χ2n) is 6.15. The van der Waals surface area contributed by atoms with Crippen molar-refractivity contribution in [2.75, 3.05) is 11.9 Å². The molecule has 0 atom stereocenters. The highest BCUT2D eigenvalue weighted by Crippen LogP contribution is 2.16. The van der Waals surface area contributed by atoms with Crippen LogP contribution in [0.1, 0.15) is 15.9 Å². The molecule has 0 heterocycles. The molecular formula is C22H18ClFN2O3. The predicted octanol–water partition coefficient (Wildman–Crippen LogP) is 4.43. The lowest BCUT2D eigenvalue weighted by Crippen LogP contribution is -2.28. The predicted molar refractivity (Wildman–Crippen MR) is 110 cm³/mol. The van der Waals surface area contributed by atoms with Gasteiger partial charge in [-0.25, -0.2) is 4.39 Å². The van der Waals surface area contributed by atoms with Crippen molar-refractivity contribution in [1.82, 2.24) is 5.32 Å². The van der Waals surface area contributed by atoms with E-state index in [0.717, 1.165) is 5.56 Å². The highest BCUT2D eigenvalue weighted by Gasteiger charge is 2.09. The van der Waals surface area contributed by atoms with Crippen LogP contribution < -0.4 is 15.4 Å². The van der Waals surface area contributed by atoms with Gasteiger partial charge in [0.1, 0.15) is 11.6 Å². The van der Waals surface area contributed by atoms with E-state index in [1.54, 1.807) is 36.4 Å². The fourth-order valence-corrected chi connectivity index (χ4v) is 2.59. The Hall–Kier alpha value is -3.38. The van der Waals surface area contributed by atoms with E-state index in [1.807, 2.05) is 12.1 Å². The summed E-state index contributed by atoms with van der Waals surface area (Å²) in [6.07, 6.45) is 0. The Morgan fingerprint density at radius 1 is 0.931 bits per heavy atom. The van der Waals surface area contributed by atoms with E-state index >= 15 is 0 Å². The molecule has 148 valence electrons. The quantitative estimate of drug-likeness (QED) is 0.603. The third kappa shape index (κ3) is 6.05. The van der Waals surface area contributed by atoms with E-state index < -0.39 is 11.7 Å². The van der Waals surface area contributed by atoms with E-state index in [-0.39, 0.29) is 18.2 Å². The topological polar surface area (TPSA) is 67.4 Å². The summed E-state index contributed by atoms with van der Waals surface area (Å²) in [5.41, 5.74) is 1.37. The van der Waals surface area contributed by atoms with E-state index in [1.165, 1.54) is 24.3 Å². The average Bonchev–Trinajstić information content (AvgIpc) is 2.74. The third-order valence-electron chi connectivity index (χ3n) is 4.01. The zero-order chi connectivity index (χ0) is 20.6. The zero-order valence-corrected chi connectivity index (χ0v) is 16.1. The minimum absolute atomic E-state index is 0.107. The standard InChI is InChI=1S/C22H18ClFN2O3/c23-17-9-5-15(6-10-17)13-25-21(27)14-29-18-11-7-16(8-12-18)22(28)26-20-4-2-1-3-19(20)24/h1-12H,13-14H2,(H,25,27)(H,26,28). The number of carbonyl (C=O) groups is 2. The van der Waals surface area contributed by atoms with Crippen LogP contribution in [0.25, 0.3) is 0 Å². The van der Waals surface area contributed by atoms with Crippen molar-refractivity contribution < 1.29 is 18.7 Å². The Morgan fingerprint density at radius 2 is 1.62 bits per heavy atom. The molecule has 3 aromatic carbocycles. The Kier molecular flexibility index (Phi) is 6.81. The summed E-state index contributed by atoms with van der Waals surface area (Å²) in [6, 6.07) is 19.3. The van der Waals surface area contributed by atoms with Gasteiger partial charge in [-0.2, -0.15) is 0 Å². The fourth-order valence-electron chi connectivity index (χ4n) is 2.46. The summed E-state index contributed by atoms with van der Waals surface area (Å²) < 4.78 is 19.0. The summed E-state index contributed by atoms with van der Waals surface area (Å²) in [5.74, 6) is -0.789. The molecule has 0 aliphatic heterocycles. The highest BCUT2D eigenvalue weighted by molar-refractivity contribution is 6.30. The van der Waals surface area contributed by atoms with Crippen molar-refractivity contribution in [2.45, 2.75) is 6.54 Å². The fraction of sp³-hybridized carbons (Fsp3) is 0.0909. The number of ether oxygens (including phenoxy) is 1. The molecule has 0 fully saturated rings. The van der Waals surface area contributed by atoms with Crippen LogP contribution in [0.3, 0.4) is 0 Å². The number of amides is 2. The van der Waals surface area contributed by atoms with Crippen LogP contribution in [0, 0.1) is 5.82 Å². The first-order valence-electron chi connectivity index (χ1n) is 8.81. The molecule has 0 spiro atoms. The number of hydrogen-bond acceptors (Lipinski definition) is 3. The molecule has 0 aliphatic carbocycles. The second kappa shape index (κ2) is 9.71. The van der Waals surface area contributed by atoms with Gasteiger partial charge in [0.05, 0.1) is 5.69 Å². The van der Waals surface area contributed by atoms with Gasteiger partial charge in [-0.15, -0.1) is 0 Å². The van der Waals surface area contributed by atoms with Gasteiger partial charge in [0, 0.05) is 17.1 Å². The van der Waals surface area contributed by atoms with Crippen molar-refractivity contribution in [1.29, 1.82) is 0 Å². The summed E-state index contributed by atoms with van der Waals surface area (Å²) in [6.45, 7) is 0.211. The smallest absolute Gasteiger partial charge is 0.258 e. The molecule has 0 saturated heterocycles. The van der Waals surface area contributed by atoms with Crippen LogP contribution in [0.4, 0.5) is 10.1 Å². The van der Waals surface area contributed by atoms with Gasteiger partial charge in [0.2, 0.25) is 0 Å². The zero-order valence-electron chi connectivity index (χ0n) is 15.3. The molecule has 0 bridgehead atoms. The lowest BCUT2D eigenvalue weighted by Gasteiger charge is -2.09.